The summed E-state index contributed by atoms with van der Waals surface area (Å²) in [4.78, 5) is 28.7. The molecule has 0 aromatic heterocycles. The van der Waals surface area contributed by atoms with Crippen LogP contribution in [-0.2, 0) is 22.1 Å². The highest BCUT2D eigenvalue weighted by atomic mass is 32.2. The smallest absolute Gasteiger partial charge is 0.254 e. The average molecular weight is 465 g/mol. The van der Waals surface area contributed by atoms with Gasteiger partial charge in [-0.2, -0.15) is 0 Å². The van der Waals surface area contributed by atoms with E-state index in [0.717, 1.165) is 5.56 Å². The molecule has 6 nitrogen and oxygen atoms in total. The molecular formula is C26H28N2O4S. The van der Waals surface area contributed by atoms with E-state index in [0.29, 0.717) is 29.8 Å². The minimum Gasteiger partial charge on any atom is -0.345 e. The van der Waals surface area contributed by atoms with Crippen molar-refractivity contribution in [2.45, 2.75) is 24.1 Å². The van der Waals surface area contributed by atoms with Crippen molar-refractivity contribution in [2.75, 3.05) is 20.6 Å². The molecule has 7 heteroatoms. The highest BCUT2D eigenvalue weighted by Gasteiger charge is 2.19. The molecule has 172 valence electrons. The van der Waals surface area contributed by atoms with E-state index in [1.165, 1.54) is 4.90 Å². The highest BCUT2D eigenvalue weighted by Crippen LogP contribution is 2.18. The van der Waals surface area contributed by atoms with Gasteiger partial charge < -0.3 is 9.80 Å². The molecule has 0 heterocycles. The molecule has 3 aromatic rings. The Kier molecular flexibility index (Phi) is 7.66. The summed E-state index contributed by atoms with van der Waals surface area (Å²) in [7, 11) is -0.101. The summed E-state index contributed by atoms with van der Waals surface area (Å²) in [5.41, 5.74) is 2.50. The Morgan fingerprint density at radius 2 is 1.42 bits per heavy atom. The molecule has 0 aliphatic heterocycles. The molecule has 0 saturated carbocycles. The second kappa shape index (κ2) is 10.4. The zero-order valence-corrected chi connectivity index (χ0v) is 19.9. The topological polar surface area (TPSA) is 74.8 Å². The number of sulfone groups is 1. The lowest BCUT2D eigenvalue weighted by Gasteiger charge is -2.22. The summed E-state index contributed by atoms with van der Waals surface area (Å²) < 4.78 is 25.4. The lowest BCUT2D eigenvalue weighted by Crippen LogP contribution is -2.30. The second-order valence-corrected chi connectivity index (χ2v) is 9.98. The van der Waals surface area contributed by atoms with Gasteiger partial charge in [-0.15, -0.1) is 0 Å². The Balaban J connectivity index is 1.75. The fourth-order valence-electron chi connectivity index (χ4n) is 3.47. The summed E-state index contributed by atoms with van der Waals surface area (Å²) in [5.74, 6) is -0.428. The molecule has 0 atom stereocenters. The van der Waals surface area contributed by atoms with Gasteiger partial charge in [0.15, 0.2) is 9.84 Å². The van der Waals surface area contributed by atoms with Crippen LogP contribution in [0.4, 0.5) is 0 Å². The number of amides is 2. The lowest BCUT2D eigenvalue weighted by molar-refractivity contribution is 0.0751. The second-order valence-electron chi connectivity index (χ2n) is 7.99. The third-order valence-electron chi connectivity index (χ3n) is 5.28. The molecule has 0 radical (unpaired) electrons. The predicted octanol–water partition coefficient (Wildman–Crippen LogP) is 4.02. The van der Waals surface area contributed by atoms with E-state index in [1.54, 1.807) is 85.7 Å². The van der Waals surface area contributed by atoms with E-state index in [1.807, 2.05) is 19.1 Å². The molecule has 3 aromatic carbocycles. The van der Waals surface area contributed by atoms with Gasteiger partial charge in [-0.05, 0) is 54.4 Å². The van der Waals surface area contributed by atoms with Crippen molar-refractivity contribution in [3.8, 4) is 0 Å². The van der Waals surface area contributed by atoms with Crippen LogP contribution in [0.1, 0.15) is 38.8 Å². The first-order valence-corrected chi connectivity index (χ1v) is 12.3. The fraction of sp³-hybridized carbons (Fsp3) is 0.231. The number of rotatable bonds is 8. The molecule has 0 spiro atoms. The third kappa shape index (κ3) is 6.08. The Bertz CT molecular complexity index is 1220. The van der Waals surface area contributed by atoms with Gasteiger partial charge in [-0.1, -0.05) is 42.5 Å². The van der Waals surface area contributed by atoms with Crippen LogP contribution in [-0.4, -0.2) is 50.7 Å². The Morgan fingerprint density at radius 3 is 2.03 bits per heavy atom. The van der Waals surface area contributed by atoms with Gasteiger partial charge in [0.05, 0.1) is 10.6 Å². The highest BCUT2D eigenvalue weighted by molar-refractivity contribution is 7.90. The Hall–Kier alpha value is -3.45. The summed E-state index contributed by atoms with van der Waals surface area (Å²) in [6.07, 6.45) is 0. The summed E-state index contributed by atoms with van der Waals surface area (Å²) >= 11 is 0. The fourth-order valence-corrected chi connectivity index (χ4v) is 4.82. The quantitative estimate of drug-likeness (QED) is 0.505. The monoisotopic (exact) mass is 464 g/mol. The molecule has 33 heavy (non-hydrogen) atoms. The minimum absolute atomic E-state index is 0.0766. The molecule has 0 fully saturated rings. The lowest BCUT2D eigenvalue weighted by atomic mass is 10.1. The maximum Gasteiger partial charge on any atom is 0.254 e. The van der Waals surface area contributed by atoms with E-state index in [2.05, 4.69) is 0 Å². The summed E-state index contributed by atoms with van der Waals surface area (Å²) in [6, 6.07) is 22.2. The minimum atomic E-state index is -3.50. The van der Waals surface area contributed by atoms with Crippen molar-refractivity contribution in [3.63, 3.8) is 0 Å². The van der Waals surface area contributed by atoms with Crippen LogP contribution in [0, 0.1) is 0 Å². The number of nitrogens with zero attached hydrogens (tertiary/aromatic N) is 2. The van der Waals surface area contributed by atoms with E-state index in [-0.39, 0.29) is 22.5 Å². The van der Waals surface area contributed by atoms with Gasteiger partial charge in [0, 0.05) is 38.3 Å². The maximum atomic E-state index is 13.1. The van der Waals surface area contributed by atoms with Gasteiger partial charge in [0.2, 0.25) is 0 Å². The number of carbonyl (C=O) groups is 2. The first-order valence-electron chi connectivity index (χ1n) is 10.7. The van der Waals surface area contributed by atoms with E-state index < -0.39 is 9.84 Å². The normalized spacial score (nSPS) is 11.1. The van der Waals surface area contributed by atoms with E-state index >= 15 is 0 Å². The number of carbonyl (C=O) groups excluding carboxylic acids is 2. The molecule has 0 bridgehead atoms. The molecule has 2 amide bonds. The van der Waals surface area contributed by atoms with Crippen LogP contribution < -0.4 is 0 Å². The standard InChI is InChI=1S/C26H28N2O4S/c1-4-28(18-20-13-15-22(16-14-20)25(29)27(2)3)26(30)23-10-8-9-21(17-23)19-33(31,32)24-11-6-5-7-12-24/h5-17H,4,18-19H2,1-3H3. The van der Waals surface area contributed by atoms with Gasteiger partial charge in [0.1, 0.15) is 0 Å². The zero-order chi connectivity index (χ0) is 24.0. The van der Waals surface area contributed by atoms with E-state index in [4.69, 9.17) is 0 Å². The molecule has 0 aliphatic rings. The van der Waals surface area contributed by atoms with Gasteiger partial charge >= 0.3 is 0 Å². The molecule has 0 saturated heterocycles. The average Bonchev–Trinajstić information content (AvgIpc) is 2.82. The van der Waals surface area contributed by atoms with Crippen LogP contribution in [0.15, 0.2) is 83.8 Å². The SMILES string of the molecule is CCN(Cc1ccc(C(=O)N(C)C)cc1)C(=O)c1cccc(CS(=O)(=O)c2ccccc2)c1. The third-order valence-corrected chi connectivity index (χ3v) is 6.99. The molecule has 0 aliphatic carbocycles. The van der Waals surface area contributed by atoms with Crippen molar-refractivity contribution >= 4 is 21.7 Å². The van der Waals surface area contributed by atoms with Crippen molar-refractivity contribution < 1.29 is 18.0 Å². The van der Waals surface area contributed by atoms with Crippen LogP contribution in [0.5, 0.6) is 0 Å². The van der Waals surface area contributed by atoms with Gasteiger partial charge in [-0.3, -0.25) is 9.59 Å². The summed E-state index contributed by atoms with van der Waals surface area (Å²) in [5, 5.41) is 0. The van der Waals surface area contributed by atoms with Gasteiger partial charge in [-0.25, -0.2) is 8.42 Å². The molecule has 0 unspecified atom stereocenters. The maximum absolute atomic E-state index is 13.1. The molecular weight excluding hydrogens is 436 g/mol. The Morgan fingerprint density at radius 1 is 0.758 bits per heavy atom. The Labute approximate surface area is 195 Å². The van der Waals surface area contributed by atoms with Crippen molar-refractivity contribution in [3.05, 3.63) is 101 Å². The first kappa shape index (κ1) is 24.2. The van der Waals surface area contributed by atoms with Crippen LogP contribution in [0.25, 0.3) is 0 Å². The van der Waals surface area contributed by atoms with Gasteiger partial charge in [0.25, 0.3) is 11.8 Å². The predicted molar refractivity (Wildman–Crippen MR) is 129 cm³/mol. The van der Waals surface area contributed by atoms with Crippen molar-refractivity contribution in [1.29, 1.82) is 0 Å². The van der Waals surface area contributed by atoms with Crippen LogP contribution >= 0.6 is 0 Å². The van der Waals surface area contributed by atoms with Crippen molar-refractivity contribution in [1.82, 2.24) is 9.80 Å². The van der Waals surface area contributed by atoms with Crippen LogP contribution in [0.2, 0.25) is 0 Å². The first-order chi connectivity index (χ1) is 15.7. The largest absolute Gasteiger partial charge is 0.345 e. The molecule has 3 rings (SSSR count). The number of hydrogen-bond donors (Lipinski definition) is 0. The van der Waals surface area contributed by atoms with Crippen molar-refractivity contribution in [2.24, 2.45) is 0 Å². The van der Waals surface area contributed by atoms with E-state index in [9.17, 15) is 18.0 Å². The summed E-state index contributed by atoms with van der Waals surface area (Å²) in [6.45, 7) is 2.77. The zero-order valence-electron chi connectivity index (χ0n) is 19.1. The number of hydrogen-bond acceptors (Lipinski definition) is 4. The molecule has 0 N–H and O–H groups in total. The number of benzene rings is 3. The van der Waals surface area contributed by atoms with Crippen LogP contribution in [0.3, 0.4) is 0 Å².